The lowest BCUT2D eigenvalue weighted by Crippen LogP contribution is -2.43. The lowest BCUT2D eigenvalue weighted by molar-refractivity contribution is -0.132. The topological polar surface area (TPSA) is 40.5 Å². The quantitative estimate of drug-likeness (QED) is 0.639. The Balaban J connectivity index is 4.92. The molecule has 0 saturated carbocycles. The molecule has 0 spiro atoms. The van der Waals surface area contributed by atoms with Crippen molar-refractivity contribution < 1.29 is 9.90 Å². The Morgan fingerprint density at radius 1 is 1.22 bits per heavy atom. The van der Waals surface area contributed by atoms with E-state index in [-0.39, 0.29) is 5.54 Å². The molecule has 1 atom stereocenters. The number of carboxylic acids is 1. The van der Waals surface area contributed by atoms with Crippen LogP contribution in [0.1, 0.15) is 59.3 Å². The molecule has 0 aromatic rings. The van der Waals surface area contributed by atoms with Crippen molar-refractivity contribution in [2.24, 2.45) is 0 Å². The van der Waals surface area contributed by atoms with Crippen LogP contribution in [-0.2, 0) is 4.79 Å². The molecule has 0 rings (SSSR count). The van der Waals surface area contributed by atoms with Gasteiger partial charge in [-0.1, -0.05) is 39.2 Å². The van der Waals surface area contributed by atoms with Crippen molar-refractivity contribution in [3.05, 3.63) is 11.6 Å². The molecule has 3 nitrogen and oxygen atoms in total. The van der Waals surface area contributed by atoms with Gasteiger partial charge in [0.05, 0.1) is 0 Å². The van der Waals surface area contributed by atoms with E-state index in [4.69, 9.17) is 5.11 Å². The summed E-state index contributed by atoms with van der Waals surface area (Å²) in [5, 5.41) is 8.94. The highest BCUT2D eigenvalue weighted by Gasteiger charge is 2.29. The molecule has 1 N–H and O–H groups in total. The van der Waals surface area contributed by atoms with Crippen LogP contribution in [0.15, 0.2) is 11.6 Å². The zero-order valence-corrected chi connectivity index (χ0v) is 12.6. The second-order valence-electron chi connectivity index (χ2n) is 5.37. The highest BCUT2D eigenvalue weighted by Crippen LogP contribution is 2.30. The van der Waals surface area contributed by atoms with Crippen molar-refractivity contribution in [2.45, 2.75) is 64.8 Å². The summed E-state index contributed by atoms with van der Waals surface area (Å²) in [5.74, 6) is -0.811. The zero-order valence-electron chi connectivity index (χ0n) is 12.6. The van der Waals surface area contributed by atoms with E-state index in [0.29, 0.717) is 5.57 Å². The number of carboxylic acid groups (broad SMARTS) is 1. The highest BCUT2D eigenvalue weighted by atomic mass is 16.4. The van der Waals surface area contributed by atoms with E-state index in [0.717, 1.165) is 25.7 Å². The summed E-state index contributed by atoms with van der Waals surface area (Å²) < 4.78 is 0. The van der Waals surface area contributed by atoms with Gasteiger partial charge >= 0.3 is 5.97 Å². The molecule has 0 saturated heterocycles. The number of carbonyl (C=O) groups is 1. The standard InChI is InChI=1S/C15H29NO2/c1-6-8-11-15(10-7-2,16(4)5)12-9-13(3)14(17)18/h9H,6-8,10-12H2,1-5H3,(H,17,18)/b13-9+. The predicted molar refractivity (Wildman–Crippen MR) is 76.9 cm³/mol. The van der Waals surface area contributed by atoms with Crippen LogP contribution in [0.5, 0.6) is 0 Å². The molecule has 0 aliphatic rings. The minimum Gasteiger partial charge on any atom is -0.478 e. The maximum atomic E-state index is 10.9. The van der Waals surface area contributed by atoms with E-state index in [1.807, 2.05) is 6.08 Å². The first-order chi connectivity index (χ1) is 8.39. The Morgan fingerprint density at radius 3 is 2.22 bits per heavy atom. The molecule has 0 heterocycles. The van der Waals surface area contributed by atoms with E-state index in [9.17, 15) is 4.79 Å². The molecule has 3 heteroatoms. The van der Waals surface area contributed by atoms with Gasteiger partial charge in [-0.2, -0.15) is 0 Å². The summed E-state index contributed by atoms with van der Waals surface area (Å²) in [6.07, 6.45) is 8.46. The summed E-state index contributed by atoms with van der Waals surface area (Å²) in [6.45, 7) is 6.07. The number of rotatable bonds is 9. The van der Waals surface area contributed by atoms with Crippen molar-refractivity contribution in [2.75, 3.05) is 14.1 Å². The SMILES string of the molecule is CCCCC(C/C=C(\C)C(=O)O)(CCC)N(C)C. The van der Waals surface area contributed by atoms with Gasteiger partial charge in [0.15, 0.2) is 0 Å². The van der Waals surface area contributed by atoms with Crippen molar-refractivity contribution in [3.8, 4) is 0 Å². The predicted octanol–water partition coefficient (Wildman–Crippen LogP) is 3.70. The maximum Gasteiger partial charge on any atom is 0.330 e. The van der Waals surface area contributed by atoms with Gasteiger partial charge in [-0.25, -0.2) is 4.79 Å². The van der Waals surface area contributed by atoms with Crippen LogP contribution in [0.3, 0.4) is 0 Å². The van der Waals surface area contributed by atoms with Crippen LogP contribution in [0.25, 0.3) is 0 Å². The number of hydrogen-bond donors (Lipinski definition) is 1. The molecule has 0 bridgehead atoms. The molecule has 0 aromatic carbocycles. The van der Waals surface area contributed by atoms with E-state index in [1.54, 1.807) is 6.92 Å². The van der Waals surface area contributed by atoms with Gasteiger partial charge in [-0.15, -0.1) is 0 Å². The minimum absolute atomic E-state index is 0.113. The zero-order chi connectivity index (χ0) is 14.2. The highest BCUT2D eigenvalue weighted by molar-refractivity contribution is 5.85. The van der Waals surface area contributed by atoms with Crippen molar-refractivity contribution in [3.63, 3.8) is 0 Å². The normalized spacial score (nSPS) is 15.8. The Hall–Kier alpha value is -0.830. The molecule has 18 heavy (non-hydrogen) atoms. The van der Waals surface area contributed by atoms with E-state index in [2.05, 4.69) is 32.8 Å². The maximum absolute atomic E-state index is 10.9. The van der Waals surface area contributed by atoms with Gasteiger partial charge in [0.25, 0.3) is 0 Å². The average Bonchev–Trinajstić information content (AvgIpc) is 2.31. The first-order valence-electron chi connectivity index (χ1n) is 6.97. The summed E-state index contributed by atoms with van der Waals surface area (Å²) >= 11 is 0. The number of aliphatic carboxylic acids is 1. The second-order valence-corrected chi connectivity index (χ2v) is 5.37. The first kappa shape index (κ1) is 17.2. The lowest BCUT2D eigenvalue weighted by atomic mass is 9.83. The van der Waals surface area contributed by atoms with Crippen LogP contribution in [-0.4, -0.2) is 35.6 Å². The molecular formula is C15H29NO2. The molecule has 0 aliphatic carbocycles. The van der Waals surface area contributed by atoms with Crippen LogP contribution in [0.4, 0.5) is 0 Å². The molecule has 0 aromatic heterocycles. The van der Waals surface area contributed by atoms with Gasteiger partial charge < -0.3 is 10.0 Å². The fourth-order valence-corrected chi connectivity index (χ4v) is 2.36. The molecule has 106 valence electrons. The van der Waals surface area contributed by atoms with Gasteiger partial charge in [0.1, 0.15) is 0 Å². The van der Waals surface area contributed by atoms with E-state index >= 15 is 0 Å². The van der Waals surface area contributed by atoms with Crippen molar-refractivity contribution >= 4 is 5.97 Å². The monoisotopic (exact) mass is 255 g/mol. The molecule has 0 fully saturated rings. The molecule has 1 unspecified atom stereocenters. The van der Waals surface area contributed by atoms with Gasteiger partial charge in [-0.3, -0.25) is 0 Å². The molecule has 0 aliphatic heterocycles. The summed E-state index contributed by atoms with van der Waals surface area (Å²) in [4.78, 5) is 13.2. The smallest absolute Gasteiger partial charge is 0.330 e. The third kappa shape index (κ3) is 5.21. The van der Waals surface area contributed by atoms with Crippen LogP contribution in [0, 0.1) is 0 Å². The Kier molecular flexibility index (Phi) is 7.92. The van der Waals surface area contributed by atoms with Gasteiger partial charge in [0, 0.05) is 11.1 Å². The molecule has 0 amide bonds. The fraction of sp³-hybridized carbons (Fsp3) is 0.800. The van der Waals surface area contributed by atoms with Gasteiger partial charge in [-0.05, 0) is 40.3 Å². The van der Waals surface area contributed by atoms with Gasteiger partial charge in [0.2, 0.25) is 0 Å². The average molecular weight is 255 g/mol. The fourth-order valence-electron chi connectivity index (χ4n) is 2.36. The third-order valence-electron chi connectivity index (χ3n) is 3.79. The van der Waals surface area contributed by atoms with Crippen molar-refractivity contribution in [1.82, 2.24) is 4.90 Å². The Morgan fingerprint density at radius 2 is 1.83 bits per heavy atom. The summed E-state index contributed by atoms with van der Waals surface area (Å²) in [5.41, 5.74) is 0.565. The second kappa shape index (κ2) is 8.30. The van der Waals surface area contributed by atoms with E-state index < -0.39 is 5.97 Å². The minimum atomic E-state index is -0.811. The third-order valence-corrected chi connectivity index (χ3v) is 3.79. The van der Waals surface area contributed by atoms with E-state index in [1.165, 1.54) is 12.8 Å². The van der Waals surface area contributed by atoms with Crippen LogP contribution in [0.2, 0.25) is 0 Å². The first-order valence-corrected chi connectivity index (χ1v) is 6.97. The van der Waals surface area contributed by atoms with Crippen molar-refractivity contribution in [1.29, 1.82) is 0 Å². The largest absolute Gasteiger partial charge is 0.478 e. The number of unbranched alkanes of at least 4 members (excludes halogenated alkanes) is 1. The molecule has 0 radical (unpaired) electrons. The molecular weight excluding hydrogens is 226 g/mol. The Bertz CT molecular complexity index is 284. The van der Waals surface area contributed by atoms with Crippen LogP contribution < -0.4 is 0 Å². The number of nitrogens with zero attached hydrogens (tertiary/aromatic N) is 1. The number of hydrogen-bond acceptors (Lipinski definition) is 2. The summed E-state index contributed by atoms with van der Waals surface area (Å²) in [7, 11) is 4.21. The Labute approximate surface area is 112 Å². The van der Waals surface area contributed by atoms with Crippen LogP contribution >= 0.6 is 0 Å². The summed E-state index contributed by atoms with van der Waals surface area (Å²) in [6, 6.07) is 0. The lowest BCUT2D eigenvalue weighted by Gasteiger charge is -2.40.